The molecular weight excluding hydrogens is 400 g/mol. The van der Waals surface area contributed by atoms with Crippen LogP contribution in [0.1, 0.15) is 17.0 Å². The van der Waals surface area contributed by atoms with Gasteiger partial charge in [-0.1, -0.05) is 30.3 Å². The molecule has 1 aromatic heterocycles. The highest BCUT2D eigenvalue weighted by Gasteiger charge is 2.33. The van der Waals surface area contributed by atoms with Gasteiger partial charge in [-0.2, -0.15) is 5.10 Å². The number of rotatable bonds is 5. The molecule has 2 aromatic carbocycles. The first-order valence-electron chi connectivity index (χ1n) is 10.2. The molecule has 2 aliphatic heterocycles. The van der Waals surface area contributed by atoms with E-state index in [4.69, 9.17) is 15.2 Å². The van der Waals surface area contributed by atoms with Crippen LogP contribution in [0.4, 0.5) is 0 Å². The maximum Gasteiger partial charge on any atom is 0.162 e. The highest BCUT2D eigenvalue weighted by molar-refractivity contribution is 5.85. The zero-order valence-electron chi connectivity index (χ0n) is 16.8. The number of aromatic nitrogens is 2. The lowest BCUT2D eigenvalue weighted by Crippen LogP contribution is -2.23. The Hall–Kier alpha value is -2.54. The summed E-state index contributed by atoms with van der Waals surface area (Å²) in [5, 5.41) is 7.49. The number of likely N-dealkylation sites (tertiary alicyclic amines) is 1. The lowest BCUT2D eigenvalue weighted by molar-refractivity contribution is 0.171. The van der Waals surface area contributed by atoms with E-state index in [0.29, 0.717) is 31.6 Å². The Labute approximate surface area is 182 Å². The van der Waals surface area contributed by atoms with Gasteiger partial charge in [-0.15, -0.1) is 12.4 Å². The molecule has 0 saturated carbocycles. The first-order valence-corrected chi connectivity index (χ1v) is 10.2. The van der Waals surface area contributed by atoms with Crippen molar-refractivity contribution in [2.24, 2.45) is 11.7 Å². The van der Waals surface area contributed by atoms with Crippen LogP contribution in [0, 0.1) is 5.92 Å². The van der Waals surface area contributed by atoms with E-state index in [1.165, 1.54) is 11.1 Å². The second kappa shape index (κ2) is 9.08. The molecule has 6 nitrogen and oxygen atoms in total. The fraction of sp³-hybridized carbons (Fsp3) is 0.348. The van der Waals surface area contributed by atoms with Crippen LogP contribution in [-0.2, 0) is 6.54 Å². The molecule has 2 atom stereocenters. The molecule has 7 heteroatoms. The van der Waals surface area contributed by atoms with Gasteiger partial charge in [0.05, 0.1) is 11.9 Å². The van der Waals surface area contributed by atoms with Crippen molar-refractivity contribution in [1.29, 1.82) is 0 Å². The van der Waals surface area contributed by atoms with Gasteiger partial charge in [0.25, 0.3) is 0 Å². The number of nitrogens with zero attached hydrogens (tertiary/aromatic N) is 2. The SMILES string of the molecule is Cl.NC[C@@H]1CN(Cc2cn[nH]c2-c2ccc3c(c2)OCCO3)C[C@H]1c1ccccc1. The second-order valence-corrected chi connectivity index (χ2v) is 7.84. The van der Waals surface area contributed by atoms with Gasteiger partial charge >= 0.3 is 0 Å². The van der Waals surface area contributed by atoms with E-state index < -0.39 is 0 Å². The van der Waals surface area contributed by atoms with Crippen molar-refractivity contribution in [2.45, 2.75) is 12.5 Å². The Balaban J connectivity index is 0.00000218. The summed E-state index contributed by atoms with van der Waals surface area (Å²) in [6.07, 6.45) is 1.93. The summed E-state index contributed by atoms with van der Waals surface area (Å²) in [5.41, 5.74) is 10.8. The molecule has 30 heavy (non-hydrogen) atoms. The molecule has 1 saturated heterocycles. The molecule has 0 bridgehead atoms. The highest BCUT2D eigenvalue weighted by Crippen LogP contribution is 2.36. The third-order valence-electron chi connectivity index (χ3n) is 5.99. The number of fused-ring (bicyclic) bond motifs is 1. The van der Waals surface area contributed by atoms with Crippen LogP contribution in [0.15, 0.2) is 54.7 Å². The third-order valence-corrected chi connectivity index (χ3v) is 5.99. The van der Waals surface area contributed by atoms with Crippen LogP contribution < -0.4 is 15.2 Å². The Kier molecular flexibility index (Phi) is 6.27. The van der Waals surface area contributed by atoms with Crippen LogP contribution in [0.5, 0.6) is 11.5 Å². The number of ether oxygens (including phenoxy) is 2. The van der Waals surface area contributed by atoms with Crippen molar-refractivity contribution in [3.05, 3.63) is 65.9 Å². The van der Waals surface area contributed by atoms with E-state index in [0.717, 1.165) is 42.4 Å². The predicted octanol–water partition coefficient (Wildman–Crippen LogP) is 3.44. The molecule has 5 rings (SSSR count). The number of nitrogens with two attached hydrogens (primary N) is 1. The van der Waals surface area contributed by atoms with Gasteiger partial charge < -0.3 is 15.2 Å². The average Bonchev–Trinajstić information content (AvgIpc) is 3.41. The molecule has 3 heterocycles. The molecule has 2 aliphatic rings. The average molecular weight is 427 g/mol. The lowest BCUT2D eigenvalue weighted by Gasteiger charge is -2.19. The minimum absolute atomic E-state index is 0. The van der Waals surface area contributed by atoms with Crippen molar-refractivity contribution in [2.75, 3.05) is 32.8 Å². The summed E-state index contributed by atoms with van der Waals surface area (Å²) >= 11 is 0. The Bertz CT molecular complexity index is 978. The standard InChI is InChI=1S/C23H26N4O2.ClH/c24-11-18-13-27(15-20(18)16-4-2-1-3-5-16)14-19-12-25-26-23(19)17-6-7-21-22(10-17)29-9-8-28-21;/h1-7,10,12,18,20H,8-9,11,13-15,24H2,(H,25,26);1H/t18-,20+;/m1./s1. The van der Waals surface area contributed by atoms with E-state index in [2.05, 4.69) is 51.5 Å². The third kappa shape index (κ3) is 4.03. The van der Waals surface area contributed by atoms with Crippen LogP contribution in [0.3, 0.4) is 0 Å². The van der Waals surface area contributed by atoms with E-state index in [9.17, 15) is 0 Å². The summed E-state index contributed by atoms with van der Waals surface area (Å²) in [6.45, 7) is 4.75. The summed E-state index contributed by atoms with van der Waals surface area (Å²) in [6, 6.07) is 16.8. The minimum Gasteiger partial charge on any atom is -0.486 e. The van der Waals surface area contributed by atoms with Crippen molar-refractivity contribution in [3.63, 3.8) is 0 Å². The largest absolute Gasteiger partial charge is 0.486 e. The first kappa shape index (κ1) is 20.7. The van der Waals surface area contributed by atoms with E-state index >= 15 is 0 Å². The molecular formula is C23H27ClN4O2. The van der Waals surface area contributed by atoms with Crippen LogP contribution in [-0.4, -0.2) is 47.9 Å². The fourth-order valence-electron chi connectivity index (χ4n) is 4.53. The summed E-state index contributed by atoms with van der Waals surface area (Å²) in [4.78, 5) is 2.49. The van der Waals surface area contributed by atoms with Gasteiger partial charge in [0, 0.05) is 36.7 Å². The predicted molar refractivity (Wildman–Crippen MR) is 119 cm³/mol. The van der Waals surface area contributed by atoms with Crippen molar-refractivity contribution in [1.82, 2.24) is 15.1 Å². The minimum atomic E-state index is 0. The normalized spacial score (nSPS) is 20.7. The summed E-state index contributed by atoms with van der Waals surface area (Å²) in [5.74, 6) is 2.55. The number of benzene rings is 2. The highest BCUT2D eigenvalue weighted by atomic mass is 35.5. The molecule has 0 spiro atoms. The van der Waals surface area contributed by atoms with Crippen molar-refractivity contribution < 1.29 is 9.47 Å². The Morgan fingerprint density at radius 2 is 1.83 bits per heavy atom. The second-order valence-electron chi connectivity index (χ2n) is 7.84. The number of halogens is 1. The molecule has 158 valence electrons. The summed E-state index contributed by atoms with van der Waals surface area (Å²) < 4.78 is 11.4. The van der Waals surface area contributed by atoms with Crippen molar-refractivity contribution in [3.8, 4) is 22.8 Å². The van der Waals surface area contributed by atoms with Gasteiger partial charge in [-0.25, -0.2) is 0 Å². The molecule has 3 aromatic rings. The van der Waals surface area contributed by atoms with Crippen LogP contribution in [0.25, 0.3) is 11.3 Å². The Morgan fingerprint density at radius 3 is 2.63 bits per heavy atom. The van der Waals surface area contributed by atoms with Gasteiger partial charge in [-0.3, -0.25) is 10.00 Å². The molecule has 0 unspecified atom stereocenters. The zero-order valence-corrected chi connectivity index (χ0v) is 17.6. The fourth-order valence-corrected chi connectivity index (χ4v) is 4.53. The Morgan fingerprint density at radius 1 is 1.03 bits per heavy atom. The van der Waals surface area contributed by atoms with Gasteiger partial charge in [0.1, 0.15) is 13.2 Å². The quantitative estimate of drug-likeness (QED) is 0.653. The summed E-state index contributed by atoms with van der Waals surface area (Å²) in [7, 11) is 0. The first-order chi connectivity index (χ1) is 14.3. The zero-order chi connectivity index (χ0) is 19.6. The monoisotopic (exact) mass is 426 g/mol. The van der Waals surface area contributed by atoms with Crippen LogP contribution in [0.2, 0.25) is 0 Å². The molecule has 0 radical (unpaired) electrons. The van der Waals surface area contributed by atoms with Crippen molar-refractivity contribution >= 4 is 12.4 Å². The van der Waals surface area contributed by atoms with E-state index in [-0.39, 0.29) is 12.4 Å². The topological polar surface area (TPSA) is 76.4 Å². The number of hydrogen-bond acceptors (Lipinski definition) is 5. The molecule has 1 fully saturated rings. The van der Waals surface area contributed by atoms with Crippen LogP contribution >= 0.6 is 12.4 Å². The number of aromatic amines is 1. The van der Waals surface area contributed by atoms with Gasteiger partial charge in [0.2, 0.25) is 0 Å². The van der Waals surface area contributed by atoms with E-state index in [1.807, 2.05) is 18.3 Å². The number of H-pyrrole nitrogens is 1. The maximum absolute atomic E-state index is 6.11. The lowest BCUT2D eigenvalue weighted by atomic mass is 9.89. The molecule has 3 N–H and O–H groups in total. The van der Waals surface area contributed by atoms with Gasteiger partial charge in [-0.05, 0) is 36.2 Å². The number of nitrogens with one attached hydrogen (secondary N) is 1. The maximum atomic E-state index is 6.11. The number of hydrogen-bond donors (Lipinski definition) is 2. The molecule has 0 aliphatic carbocycles. The van der Waals surface area contributed by atoms with E-state index in [1.54, 1.807) is 0 Å². The smallest absolute Gasteiger partial charge is 0.162 e. The van der Waals surface area contributed by atoms with Gasteiger partial charge in [0.15, 0.2) is 11.5 Å². The molecule has 0 amide bonds.